The topological polar surface area (TPSA) is 73.7 Å². The van der Waals surface area contributed by atoms with Gasteiger partial charge in [-0.15, -0.1) is 0 Å². The number of carboxylic acid groups (broad SMARTS) is 1. The molecule has 1 fully saturated rings. The minimum Gasteiger partial charge on any atom is -0.465 e. The van der Waals surface area contributed by atoms with E-state index >= 15 is 0 Å². The smallest absolute Gasteiger partial charge is 0.407 e. The summed E-state index contributed by atoms with van der Waals surface area (Å²) < 4.78 is 0. The van der Waals surface area contributed by atoms with Crippen molar-refractivity contribution in [2.24, 2.45) is 0 Å². The third-order valence-corrected chi connectivity index (χ3v) is 3.88. The van der Waals surface area contributed by atoms with Gasteiger partial charge in [-0.05, 0) is 12.1 Å². The number of amides is 2. The molecule has 3 heterocycles. The molecular weight excluding hydrogens is 258 g/mol. The number of hydrogen-bond acceptors (Lipinski definition) is 3. The minimum atomic E-state index is -0.946. The molecule has 2 amide bonds. The van der Waals surface area contributed by atoms with Crippen LogP contribution in [0, 0.1) is 0 Å². The highest BCUT2D eigenvalue weighted by Crippen LogP contribution is 2.31. The van der Waals surface area contributed by atoms with Crippen LogP contribution in [-0.2, 0) is 11.2 Å². The Hall–Kier alpha value is -2.37. The SMILES string of the molecule is O=C(O)N1CCN2C(=O)C=CC2(Cc2ccccn2)C1. The van der Waals surface area contributed by atoms with Crippen molar-refractivity contribution in [2.45, 2.75) is 12.0 Å². The fraction of sp³-hybridized carbons (Fsp3) is 0.357. The first-order chi connectivity index (χ1) is 9.61. The zero-order chi connectivity index (χ0) is 14.2. The van der Waals surface area contributed by atoms with E-state index in [-0.39, 0.29) is 5.91 Å². The number of nitrogens with zero attached hydrogens (tertiary/aromatic N) is 3. The summed E-state index contributed by atoms with van der Waals surface area (Å²) in [6, 6.07) is 5.61. The Labute approximate surface area is 116 Å². The molecule has 1 N–H and O–H groups in total. The maximum atomic E-state index is 11.9. The number of carbonyl (C=O) groups excluding carboxylic acids is 1. The van der Waals surface area contributed by atoms with E-state index in [1.807, 2.05) is 24.3 Å². The first-order valence-corrected chi connectivity index (χ1v) is 6.49. The Balaban J connectivity index is 1.91. The molecule has 0 radical (unpaired) electrons. The number of aromatic nitrogens is 1. The molecule has 1 saturated heterocycles. The van der Waals surface area contributed by atoms with Gasteiger partial charge in [0, 0.05) is 37.5 Å². The zero-order valence-corrected chi connectivity index (χ0v) is 10.9. The molecule has 3 rings (SSSR count). The van der Waals surface area contributed by atoms with Crippen molar-refractivity contribution in [1.82, 2.24) is 14.8 Å². The third kappa shape index (κ3) is 2.03. The van der Waals surface area contributed by atoms with Gasteiger partial charge in [0.05, 0.1) is 12.1 Å². The maximum absolute atomic E-state index is 11.9. The molecule has 0 spiro atoms. The van der Waals surface area contributed by atoms with Crippen LogP contribution in [0.3, 0.4) is 0 Å². The molecule has 1 unspecified atom stereocenters. The van der Waals surface area contributed by atoms with Crippen molar-refractivity contribution in [3.8, 4) is 0 Å². The average Bonchev–Trinajstić information content (AvgIpc) is 2.76. The van der Waals surface area contributed by atoms with Gasteiger partial charge in [-0.2, -0.15) is 0 Å². The summed E-state index contributed by atoms with van der Waals surface area (Å²) in [5, 5.41) is 9.19. The van der Waals surface area contributed by atoms with Crippen LogP contribution in [0.5, 0.6) is 0 Å². The van der Waals surface area contributed by atoms with Crippen molar-refractivity contribution >= 4 is 12.0 Å². The van der Waals surface area contributed by atoms with Crippen LogP contribution in [0.15, 0.2) is 36.5 Å². The van der Waals surface area contributed by atoms with Crippen molar-refractivity contribution in [3.63, 3.8) is 0 Å². The lowest BCUT2D eigenvalue weighted by molar-refractivity contribution is -0.131. The summed E-state index contributed by atoms with van der Waals surface area (Å²) in [5.74, 6) is -0.0500. The van der Waals surface area contributed by atoms with Gasteiger partial charge in [0.25, 0.3) is 0 Å². The van der Waals surface area contributed by atoms with E-state index in [4.69, 9.17) is 0 Å². The van der Waals surface area contributed by atoms with E-state index in [1.165, 1.54) is 11.0 Å². The molecular formula is C14H15N3O3. The third-order valence-electron chi connectivity index (χ3n) is 3.88. The van der Waals surface area contributed by atoms with Gasteiger partial charge in [-0.25, -0.2) is 4.79 Å². The van der Waals surface area contributed by atoms with E-state index < -0.39 is 11.6 Å². The molecule has 0 saturated carbocycles. The van der Waals surface area contributed by atoms with E-state index in [1.54, 1.807) is 11.1 Å². The molecule has 0 aromatic carbocycles. The summed E-state index contributed by atoms with van der Waals surface area (Å²) in [7, 11) is 0. The minimum absolute atomic E-state index is 0.0500. The quantitative estimate of drug-likeness (QED) is 0.863. The molecule has 20 heavy (non-hydrogen) atoms. The van der Waals surface area contributed by atoms with Gasteiger partial charge < -0.3 is 14.9 Å². The number of pyridine rings is 1. The van der Waals surface area contributed by atoms with E-state index in [0.29, 0.717) is 26.1 Å². The number of rotatable bonds is 2. The second-order valence-electron chi connectivity index (χ2n) is 5.13. The van der Waals surface area contributed by atoms with Gasteiger partial charge in [-0.1, -0.05) is 12.1 Å². The first kappa shape index (κ1) is 12.7. The Morgan fingerprint density at radius 1 is 1.40 bits per heavy atom. The Kier molecular flexibility index (Phi) is 2.93. The number of carbonyl (C=O) groups is 2. The summed E-state index contributed by atoms with van der Waals surface area (Å²) in [6.45, 7) is 1.07. The van der Waals surface area contributed by atoms with Crippen LogP contribution in [-0.4, -0.2) is 57.1 Å². The predicted octanol–water partition coefficient (Wildman–Crippen LogP) is 0.755. The molecule has 0 aliphatic carbocycles. The highest BCUT2D eigenvalue weighted by Gasteiger charge is 2.46. The summed E-state index contributed by atoms with van der Waals surface area (Å²) in [4.78, 5) is 30.5. The summed E-state index contributed by atoms with van der Waals surface area (Å²) >= 11 is 0. The fourth-order valence-corrected chi connectivity index (χ4v) is 2.92. The van der Waals surface area contributed by atoms with Gasteiger partial charge in [0.15, 0.2) is 0 Å². The Bertz CT molecular complexity index is 572. The van der Waals surface area contributed by atoms with Crippen LogP contribution in [0.1, 0.15) is 5.69 Å². The van der Waals surface area contributed by atoms with Gasteiger partial charge in [0.2, 0.25) is 5.91 Å². The molecule has 0 bridgehead atoms. The van der Waals surface area contributed by atoms with Crippen LogP contribution in [0.25, 0.3) is 0 Å². The van der Waals surface area contributed by atoms with Crippen LogP contribution in [0.4, 0.5) is 4.79 Å². The van der Waals surface area contributed by atoms with Crippen LogP contribution < -0.4 is 0 Å². The number of piperazine rings is 1. The predicted molar refractivity (Wildman–Crippen MR) is 71.1 cm³/mol. The molecule has 1 atom stereocenters. The Morgan fingerprint density at radius 3 is 2.95 bits per heavy atom. The van der Waals surface area contributed by atoms with Crippen molar-refractivity contribution < 1.29 is 14.7 Å². The van der Waals surface area contributed by atoms with Crippen molar-refractivity contribution in [3.05, 3.63) is 42.2 Å². The fourth-order valence-electron chi connectivity index (χ4n) is 2.92. The lowest BCUT2D eigenvalue weighted by Crippen LogP contribution is -2.62. The van der Waals surface area contributed by atoms with E-state index in [9.17, 15) is 14.7 Å². The summed E-state index contributed by atoms with van der Waals surface area (Å²) in [5.41, 5.74) is 0.256. The molecule has 6 heteroatoms. The van der Waals surface area contributed by atoms with Crippen LogP contribution >= 0.6 is 0 Å². The second kappa shape index (κ2) is 4.63. The van der Waals surface area contributed by atoms with Crippen molar-refractivity contribution in [2.75, 3.05) is 19.6 Å². The van der Waals surface area contributed by atoms with E-state index in [2.05, 4.69) is 4.98 Å². The van der Waals surface area contributed by atoms with Crippen molar-refractivity contribution in [1.29, 1.82) is 0 Å². The zero-order valence-electron chi connectivity index (χ0n) is 10.9. The second-order valence-corrected chi connectivity index (χ2v) is 5.13. The molecule has 6 nitrogen and oxygen atoms in total. The lowest BCUT2D eigenvalue weighted by atomic mass is 9.90. The van der Waals surface area contributed by atoms with Crippen LogP contribution in [0.2, 0.25) is 0 Å². The van der Waals surface area contributed by atoms with Gasteiger partial charge >= 0.3 is 6.09 Å². The highest BCUT2D eigenvalue weighted by atomic mass is 16.4. The highest BCUT2D eigenvalue weighted by molar-refractivity contribution is 5.92. The standard InChI is InChI=1S/C14H15N3O3/c18-12-4-5-14(9-11-3-1-2-6-15-11)10-16(13(19)20)7-8-17(12)14/h1-6H,7-10H2,(H,19,20). The lowest BCUT2D eigenvalue weighted by Gasteiger charge is -2.45. The first-order valence-electron chi connectivity index (χ1n) is 6.49. The normalized spacial score (nSPS) is 24.9. The number of hydrogen-bond donors (Lipinski definition) is 1. The average molecular weight is 273 g/mol. The van der Waals surface area contributed by atoms with Gasteiger partial charge in [-0.3, -0.25) is 9.78 Å². The molecule has 104 valence electrons. The maximum Gasteiger partial charge on any atom is 0.407 e. The van der Waals surface area contributed by atoms with Gasteiger partial charge in [0.1, 0.15) is 0 Å². The molecule has 2 aliphatic heterocycles. The molecule has 1 aromatic heterocycles. The molecule has 1 aromatic rings. The van der Waals surface area contributed by atoms with E-state index in [0.717, 1.165) is 5.69 Å². The summed E-state index contributed by atoms with van der Waals surface area (Å²) in [6.07, 6.45) is 4.64. The Morgan fingerprint density at radius 2 is 2.25 bits per heavy atom. The molecule has 2 aliphatic rings. The largest absolute Gasteiger partial charge is 0.465 e. The monoisotopic (exact) mass is 273 g/mol. The number of fused-ring (bicyclic) bond motifs is 1.